The minimum atomic E-state index is -1.32. The number of benzene rings is 1. The molecule has 0 fully saturated rings. The lowest BCUT2D eigenvalue weighted by atomic mass is 10.3. The molecule has 0 atom stereocenters. The van der Waals surface area contributed by atoms with E-state index in [1.54, 1.807) is 19.1 Å². The normalized spacial score (nSPS) is 11.8. The van der Waals surface area contributed by atoms with E-state index in [2.05, 4.69) is 70.3 Å². The third-order valence-electron chi connectivity index (χ3n) is 1.90. The van der Waals surface area contributed by atoms with Gasteiger partial charge in [-0.25, -0.2) is 4.79 Å². The Hall–Kier alpha value is 0.150. The molecular formula is C12H10Br4O3. The third-order valence-corrected chi connectivity index (χ3v) is 6.91. The van der Waals surface area contributed by atoms with Crippen molar-refractivity contribution < 1.29 is 14.3 Å². The summed E-state index contributed by atoms with van der Waals surface area (Å²) in [6.45, 7) is 5.07. The van der Waals surface area contributed by atoms with Crippen molar-refractivity contribution in [3.05, 3.63) is 42.5 Å². The number of rotatable bonds is 5. The highest BCUT2D eigenvalue weighted by Gasteiger charge is 2.51. The number of esters is 1. The van der Waals surface area contributed by atoms with E-state index in [0.29, 0.717) is 5.75 Å². The van der Waals surface area contributed by atoms with Gasteiger partial charge in [-0.3, -0.25) is 0 Å². The minimum absolute atomic E-state index is 0.277. The smallest absolute Gasteiger partial charge is 0.335 e. The first-order chi connectivity index (χ1) is 8.66. The highest BCUT2D eigenvalue weighted by molar-refractivity contribution is 9.30. The molecule has 0 unspecified atom stereocenters. The van der Waals surface area contributed by atoms with Crippen molar-refractivity contribution >= 4 is 69.7 Å². The van der Waals surface area contributed by atoms with Gasteiger partial charge in [0.05, 0.1) is 0 Å². The number of halogens is 4. The van der Waals surface area contributed by atoms with Crippen LogP contribution in [0.25, 0.3) is 0 Å². The molecule has 0 saturated heterocycles. The molecule has 0 bridgehead atoms. The van der Waals surface area contributed by atoms with Gasteiger partial charge in [-0.05, 0) is 82.8 Å². The van der Waals surface area contributed by atoms with Crippen LogP contribution in [0.4, 0.5) is 0 Å². The Labute approximate surface area is 145 Å². The Morgan fingerprint density at radius 1 is 1.11 bits per heavy atom. The SMILES string of the molecule is C=C(C)C(=O)OC(Br)(Br)C(Br)(Br)Oc1ccccc1. The molecule has 104 valence electrons. The molecule has 1 rings (SSSR count). The second-order valence-corrected chi connectivity index (χ2v) is 10.2. The van der Waals surface area contributed by atoms with Gasteiger partial charge in [0.15, 0.2) is 0 Å². The van der Waals surface area contributed by atoms with Crippen LogP contribution in [0, 0.1) is 0 Å². The van der Waals surface area contributed by atoms with Crippen molar-refractivity contribution in [3.8, 4) is 5.75 Å². The zero-order chi connectivity index (χ0) is 14.7. The molecule has 0 aliphatic rings. The number of carbonyl (C=O) groups excluding carboxylic acids is 1. The molecule has 0 saturated carbocycles. The van der Waals surface area contributed by atoms with E-state index in [9.17, 15) is 4.79 Å². The molecule has 0 amide bonds. The monoisotopic (exact) mass is 518 g/mol. The highest BCUT2D eigenvalue weighted by atomic mass is 79.9. The number of hydrogen-bond acceptors (Lipinski definition) is 3. The molecule has 0 aliphatic heterocycles. The quantitative estimate of drug-likeness (QED) is 0.308. The van der Waals surface area contributed by atoms with Gasteiger partial charge in [0.25, 0.3) is 6.84 Å². The van der Waals surface area contributed by atoms with Gasteiger partial charge < -0.3 is 9.47 Å². The fourth-order valence-electron chi connectivity index (χ4n) is 0.959. The molecule has 0 spiro atoms. The molecular weight excluding hydrogens is 512 g/mol. The van der Waals surface area contributed by atoms with Crippen LogP contribution in [0.2, 0.25) is 0 Å². The topological polar surface area (TPSA) is 35.5 Å². The predicted molar refractivity (Wildman–Crippen MR) is 89.1 cm³/mol. The first kappa shape index (κ1) is 17.2. The van der Waals surface area contributed by atoms with Gasteiger partial charge in [0.1, 0.15) is 5.75 Å². The molecule has 19 heavy (non-hydrogen) atoms. The lowest BCUT2D eigenvalue weighted by Crippen LogP contribution is -2.43. The van der Waals surface area contributed by atoms with Crippen molar-refractivity contribution in [1.29, 1.82) is 0 Å². The van der Waals surface area contributed by atoms with E-state index in [-0.39, 0.29) is 5.57 Å². The summed E-state index contributed by atoms with van der Waals surface area (Å²) >= 11 is 13.1. The van der Waals surface area contributed by atoms with Crippen molar-refractivity contribution in [2.45, 2.75) is 13.8 Å². The molecule has 0 aliphatic carbocycles. The van der Waals surface area contributed by atoms with Crippen LogP contribution in [-0.2, 0) is 9.53 Å². The Morgan fingerprint density at radius 2 is 1.63 bits per heavy atom. The average molecular weight is 522 g/mol. The third kappa shape index (κ3) is 4.88. The van der Waals surface area contributed by atoms with Crippen molar-refractivity contribution in [1.82, 2.24) is 0 Å². The summed E-state index contributed by atoms with van der Waals surface area (Å²) in [6.07, 6.45) is 0. The first-order valence-electron chi connectivity index (χ1n) is 5.04. The van der Waals surface area contributed by atoms with Crippen LogP contribution in [0.1, 0.15) is 6.92 Å². The Kier molecular flexibility index (Phi) is 6.10. The second-order valence-electron chi connectivity index (χ2n) is 3.62. The van der Waals surface area contributed by atoms with Gasteiger partial charge in [-0.1, -0.05) is 24.8 Å². The summed E-state index contributed by atoms with van der Waals surface area (Å²) in [4.78, 5) is 11.6. The predicted octanol–water partition coefficient (Wildman–Crippen LogP) is 5.07. The Bertz CT molecular complexity index is 471. The molecule has 0 radical (unpaired) electrons. The van der Waals surface area contributed by atoms with E-state index in [4.69, 9.17) is 9.47 Å². The van der Waals surface area contributed by atoms with Crippen LogP contribution in [0.3, 0.4) is 0 Å². The molecule has 0 heterocycles. The highest BCUT2D eigenvalue weighted by Crippen LogP contribution is 2.50. The maximum atomic E-state index is 11.6. The lowest BCUT2D eigenvalue weighted by molar-refractivity contribution is -0.143. The van der Waals surface area contributed by atoms with Gasteiger partial charge in [0.2, 0.25) is 0 Å². The largest absolute Gasteiger partial charge is 0.460 e. The first-order valence-corrected chi connectivity index (χ1v) is 8.21. The molecule has 1 aromatic rings. The fourth-order valence-corrected chi connectivity index (χ4v) is 1.95. The van der Waals surface area contributed by atoms with E-state index in [1.165, 1.54) is 0 Å². The maximum Gasteiger partial charge on any atom is 0.335 e. The molecule has 7 heteroatoms. The molecule has 3 nitrogen and oxygen atoms in total. The summed E-state index contributed by atoms with van der Waals surface area (Å²) in [5.74, 6) is 0.0274. The van der Waals surface area contributed by atoms with Gasteiger partial charge >= 0.3 is 5.97 Å². The van der Waals surface area contributed by atoms with Crippen LogP contribution in [0.15, 0.2) is 42.5 Å². The standard InChI is InChI=1S/C12H10Br4O3/c1-8(2)10(17)19-12(15,16)11(13,14)18-9-6-4-3-5-7-9/h3-7H,1H2,2H3. The Morgan fingerprint density at radius 3 is 2.11 bits per heavy atom. The number of carbonyl (C=O) groups is 1. The Balaban J connectivity index is 2.85. The van der Waals surface area contributed by atoms with Gasteiger partial charge in [-0.15, -0.1) is 0 Å². The number of hydrogen-bond donors (Lipinski definition) is 0. The fraction of sp³-hybridized carbons (Fsp3) is 0.250. The van der Waals surface area contributed by atoms with E-state index >= 15 is 0 Å². The molecule has 0 N–H and O–H groups in total. The van der Waals surface area contributed by atoms with Crippen molar-refractivity contribution in [2.75, 3.05) is 0 Å². The van der Waals surface area contributed by atoms with E-state index in [0.717, 1.165) is 0 Å². The summed E-state index contributed by atoms with van der Waals surface area (Å²) in [6, 6.07) is 9.07. The van der Waals surface area contributed by atoms with Gasteiger partial charge in [0, 0.05) is 5.57 Å². The zero-order valence-corrected chi connectivity index (χ0v) is 16.2. The van der Waals surface area contributed by atoms with Crippen molar-refractivity contribution in [2.24, 2.45) is 0 Å². The summed E-state index contributed by atoms with van der Waals surface area (Å²) < 4.78 is 8.36. The minimum Gasteiger partial charge on any atom is -0.460 e. The molecule has 1 aromatic carbocycles. The summed E-state index contributed by atoms with van der Waals surface area (Å²) in [5, 5.41) is 0. The number of ether oxygens (including phenoxy) is 2. The van der Waals surface area contributed by atoms with Gasteiger partial charge in [-0.2, -0.15) is 0 Å². The molecule has 0 aromatic heterocycles. The van der Waals surface area contributed by atoms with Crippen molar-refractivity contribution in [3.63, 3.8) is 0 Å². The van der Waals surface area contributed by atoms with E-state index in [1.807, 2.05) is 18.2 Å². The van der Waals surface area contributed by atoms with E-state index < -0.39 is 12.8 Å². The number of alkyl halides is 4. The summed E-state index contributed by atoms with van der Waals surface area (Å²) in [5.41, 5.74) is 0.277. The van der Waals surface area contributed by atoms with Crippen LogP contribution in [-0.4, -0.2) is 12.8 Å². The van der Waals surface area contributed by atoms with Crippen LogP contribution in [0.5, 0.6) is 5.75 Å². The lowest BCUT2D eigenvalue weighted by Gasteiger charge is -2.33. The average Bonchev–Trinajstić information content (AvgIpc) is 2.28. The number of para-hydroxylation sites is 1. The zero-order valence-electron chi connectivity index (χ0n) is 9.83. The summed E-state index contributed by atoms with van der Waals surface area (Å²) in [7, 11) is 0. The second kappa shape index (κ2) is 6.74. The van der Waals surface area contributed by atoms with Crippen LogP contribution >= 0.6 is 63.7 Å². The van der Waals surface area contributed by atoms with Crippen LogP contribution < -0.4 is 4.74 Å². The maximum absolute atomic E-state index is 11.6.